The van der Waals surface area contributed by atoms with Crippen LogP contribution in [0, 0.1) is 0 Å². The summed E-state index contributed by atoms with van der Waals surface area (Å²) in [6, 6.07) is 9.29. The van der Waals surface area contributed by atoms with Gasteiger partial charge in [0.05, 0.1) is 15.6 Å². The van der Waals surface area contributed by atoms with Gasteiger partial charge in [0, 0.05) is 23.7 Å². The molecule has 1 atom stereocenters. The average molecular weight is 399 g/mol. The summed E-state index contributed by atoms with van der Waals surface area (Å²) < 4.78 is 27.8. The molecule has 8 heteroatoms. The van der Waals surface area contributed by atoms with E-state index in [4.69, 9.17) is 23.2 Å². The maximum atomic E-state index is 12.7. The maximum Gasteiger partial charge on any atom is 0.261 e. The minimum Gasteiger partial charge on any atom is -0.309 e. The van der Waals surface area contributed by atoms with Gasteiger partial charge in [0.15, 0.2) is 0 Å². The normalized spacial score (nSPS) is 16.6. The van der Waals surface area contributed by atoms with Crippen molar-refractivity contribution in [1.82, 2.24) is 0 Å². The molecule has 0 bridgehead atoms. The summed E-state index contributed by atoms with van der Waals surface area (Å²) >= 11 is 11.9. The first kappa shape index (κ1) is 18.0. The number of rotatable bonds is 3. The van der Waals surface area contributed by atoms with Crippen molar-refractivity contribution in [2.75, 3.05) is 9.62 Å². The summed E-state index contributed by atoms with van der Waals surface area (Å²) in [5, 5.41) is 0.636. The molecular formula is C17H16Cl2N2O3S. The van der Waals surface area contributed by atoms with Crippen LogP contribution < -0.4 is 9.62 Å². The van der Waals surface area contributed by atoms with Crippen LogP contribution in [0.15, 0.2) is 41.3 Å². The summed E-state index contributed by atoms with van der Waals surface area (Å²) in [5.74, 6) is -0.0621. The number of sulfonamides is 1. The Morgan fingerprint density at radius 2 is 1.92 bits per heavy atom. The molecule has 2 aromatic rings. The van der Waals surface area contributed by atoms with E-state index in [1.165, 1.54) is 25.1 Å². The molecule has 0 radical (unpaired) electrons. The zero-order chi connectivity index (χ0) is 18.4. The number of carbonyl (C=O) groups is 1. The molecule has 1 unspecified atom stereocenters. The first-order valence-electron chi connectivity index (χ1n) is 7.59. The number of halogens is 2. The Morgan fingerprint density at radius 1 is 1.20 bits per heavy atom. The standard InChI is InChI=1S/C17H16Cl2N2O3S/c1-10-7-12-8-14(4-6-17(12)21(10)11(2)22)25(23,24)20-16-5-3-13(18)9-15(16)19/h3-6,8-10,20H,7H2,1-2H3. The monoisotopic (exact) mass is 398 g/mol. The van der Waals surface area contributed by atoms with E-state index in [-0.39, 0.29) is 27.6 Å². The van der Waals surface area contributed by atoms with E-state index >= 15 is 0 Å². The van der Waals surface area contributed by atoms with Gasteiger partial charge in [-0.1, -0.05) is 23.2 Å². The second kappa shape index (κ2) is 6.52. The summed E-state index contributed by atoms with van der Waals surface area (Å²) in [6.07, 6.45) is 0.611. The van der Waals surface area contributed by atoms with Gasteiger partial charge in [-0.2, -0.15) is 0 Å². The van der Waals surface area contributed by atoms with Crippen LogP contribution in [0.5, 0.6) is 0 Å². The molecule has 0 fully saturated rings. The highest BCUT2D eigenvalue weighted by Gasteiger charge is 2.30. The zero-order valence-corrected chi connectivity index (χ0v) is 15.9. The van der Waals surface area contributed by atoms with Gasteiger partial charge < -0.3 is 4.90 Å². The molecule has 0 saturated carbocycles. The van der Waals surface area contributed by atoms with Crippen LogP contribution in [0.3, 0.4) is 0 Å². The Labute approximate surface area is 156 Å². The molecule has 5 nitrogen and oxygen atoms in total. The fourth-order valence-electron chi connectivity index (χ4n) is 3.03. The molecule has 25 heavy (non-hydrogen) atoms. The Balaban J connectivity index is 1.94. The molecular weight excluding hydrogens is 383 g/mol. The van der Waals surface area contributed by atoms with Crippen molar-refractivity contribution in [2.24, 2.45) is 0 Å². The van der Waals surface area contributed by atoms with Gasteiger partial charge >= 0.3 is 0 Å². The fourth-order valence-corrected chi connectivity index (χ4v) is 4.67. The Morgan fingerprint density at radius 3 is 2.56 bits per heavy atom. The Bertz CT molecular complexity index is 960. The quantitative estimate of drug-likeness (QED) is 0.846. The van der Waals surface area contributed by atoms with Crippen LogP contribution >= 0.6 is 23.2 Å². The third-order valence-corrected chi connectivity index (χ3v) is 6.00. The molecule has 1 aliphatic rings. The maximum absolute atomic E-state index is 12.7. The van der Waals surface area contributed by atoms with Gasteiger partial charge in [0.1, 0.15) is 0 Å². The van der Waals surface area contributed by atoms with Crippen molar-refractivity contribution < 1.29 is 13.2 Å². The molecule has 132 valence electrons. The molecule has 0 aromatic heterocycles. The lowest BCUT2D eigenvalue weighted by molar-refractivity contribution is -0.116. The van der Waals surface area contributed by atoms with Crippen molar-refractivity contribution in [3.05, 3.63) is 52.0 Å². The number of carbonyl (C=O) groups excluding carboxylic acids is 1. The van der Waals surface area contributed by atoms with Gasteiger partial charge in [-0.15, -0.1) is 0 Å². The predicted octanol–water partition coefficient (Wildman–Crippen LogP) is 4.09. The average Bonchev–Trinajstić information content (AvgIpc) is 2.85. The minimum absolute atomic E-state index is 0.00382. The van der Waals surface area contributed by atoms with E-state index in [9.17, 15) is 13.2 Å². The van der Waals surface area contributed by atoms with E-state index in [2.05, 4.69) is 4.72 Å². The van der Waals surface area contributed by atoms with Gasteiger partial charge in [0.25, 0.3) is 10.0 Å². The largest absolute Gasteiger partial charge is 0.309 e. The van der Waals surface area contributed by atoms with Crippen molar-refractivity contribution in [2.45, 2.75) is 31.2 Å². The topological polar surface area (TPSA) is 66.5 Å². The van der Waals surface area contributed by atoms with Crippen LogP contribution in [0.2, 0.25) is 10.0 Å². The first-order valence-corrected chi connectivity index (χ1v) is 9.83. The molecule has 1 heterocycles. The van der Waals surface area contributed by atoms with Crippen molar-refractivity contribution in [3.8, 4) is 0 Å². The van der Waals surface area contributed by atoms with E-state index < -0.39 is 10.0 Å². The van der Waals surface area contributed by atoms with Crippen LogP contribution in [0.25, 0.3) is 0 Å². The number of hydrogen-bond acceptors (Lipinski definition) is 3. The van der Waals surface area contributed by atoms with Crippen molar-refractivity contribution >= 4 is 50.5 Å². The third-order valence-electron chi connectivity index (χ3n) is 4.09. The van der Waals surface area contributed by atoms with E-state index in [0.29, 0.717) is 11.4 Å². The number of nitrogens with zero attached hydrogens (tertiary/aromatic N) is 1. The zero-order valence-electron chi connectivity index (χ0n) is 13.6. The van der Waals surface area contributed by atoms with Crippen LogP contribution in [0.4, 0.5) is 11.4 Å². The van der Waals surface area contributed by atoms with Crippen molar-refractivity contribution in [1.29, 1.82) is 0 Å². The molecule has 2 aromatic carbocycles. The Kier molecular flexibility index (Phi) is 4.70. The highest BCUT2D eigenvalue weighted by atomic mass is 35.5. The van der Waals surface area contributed by atoms with E-state index in [0.717, 1.165) is 11.3 Å². The summed E-state index contributed by atoms with van der Waals surface area (Å²) in [6.45, 7) is 3.43. The van der Waals surface area contributed by atoms with Gasteiger partial charge in [-0.05, 0) is 55.3 Å². The van der Waals surface area contributed by atoms with Crippen LogP contribution in [-0.2, 0) is 21.2 Å². The molecule has 3 rings (SSSR count). The lowest BCUT2D eigenvalue weighted by Crippen LogP contribution is -2.33. The van der Waals surface area contributed by atoms with Crippen LogP contribution in [-0.4, -0.2) is 20.4 Å². The van der Waals surface area contributed by atoms with E-state index in [1.807, 2.05) is 6.92 Å². The lowest BCUT2D eigenvalue weighted by atomic mass is 10.1. The third kappa shape index (κ3) is 3.47. The second-order valence-corrected chi connectivity index (χ2v) is 8.49. The SMILES string of the molecule is CC(=O)N1c2ccc(S(=O)(=O)Nc3ccc(Cl)cc3Cl)cc2CC1C. The molecule has 1 aliphatic heterocycles. The number of fused-ring (bicyclic) bond motifs is 1. The van der Waals surface area contributed by atoms with Gasteiger partial charge in [0.2, 0.25) is 5.91 Å². The molecule has 0 spiro atoms. The molecule has 0 aliphatic carbocycles. The minimum atomic E-state index is -3.81. The fraction of sp³-hybridized carbons (Fsp3) is 0.235. The summed E-state index contributed by atoms with van der Waals surface area (Å²) in [5.41, 5.74) is 1.83. The number of anilines is 2. The highest BCUT2D eigenvalue weighted by molar-refractivity contribution is 7.92. The highest BCUT2D eigenvalue weighted by Crippen LogP contribution is 2.35. The summed E-state index contributed by atoms with van der Waals surface area (Å²) in [7, 11) is -3.81. The Hall–Kier alpha value is -1.76. The van der Waals surface area contributed by atoms with Crippen molar-refractivity contribution in [3.63, 3.8) is 0 Å². The number of hydrogen-bond donors (Lipinski definition) is 1. The number of benzene rings is 2. The van der Waals surface area contributed by atoms with E-state index in [1.54, 1.807) is 23.1 Å². The van der Waals surface area contributed by atoms with Gasteiger partial charge in [-0.3, -0.25) is 9.52 Å². The lowest BCUT2D eigenvalue weighted by Gasteiger charge is -2.20. The second-order valence-electron chi connectivity index (χ2n) is 5.96. The summed E-state index contributed by atoms with van der Waals surface area (Å²) in [4.78, 5) is 13.6. The molecule has 0 saturated heterocycles. The predicted molar refractivity (Wildman–Crippen MR) is 100 cm³/mol. The molecule has 1 N–H and O–H groups in total. The van der Waals surface area contributed by atoms with Crippen LogP contribution in [0.1, 0.15) is 19.4 Å². The number of nitrogens with one attached hydrogen (secondary N) is 1. The smallest absolute Gasteiger partial charge is 0.261 e. The first-order chi connectivity index (χ1) is 11.7. The molecule has 1 amide bonds. The number of amides is 1. The van der Waals surface area contributed by atoms with Gasteiger partial charge in [-0.25, -0.2) is 8.42 Å².